The lowest BCUT2D eigenvalue weighted by Gasteiger charge is -2.18. The lowest BCUT2D eigenvalue weighted by atomic mass is 10.1. The Morgan fingerprint density at radius 1 is 1.39 bits per heavy atom. The SMILES string of the molecule is Cc1c(O)ccc2c(CN(C)CC(=O)NC(C)C)cc(=O)oc12. The van der Waals surface area contributed by atoms with Crippen LogP contribution in [0.5, 0.6) is 5.75 Å². The highest BCUT2D eigenvalue weighted by Crippen LogP contribution is 2.27. The van der Waals surface area contributed by atoms with E-state index in [-0.39, 0.29) is 24.2 Å². The smallest absolute Gasteiger partial charge is 0.336 e. The van der Waals surface area contributed by atoms with Crippen molar-refractivity contribution in [3.8, 4) is 5.75 Å². The Morgan fingerprint density at radius 3 is 2.74 bits per heavy atom. The largest absolute Gasteiger partial charge is 0.508 e. The summed E-state index contributed by atoms with van der Waals surface area (Å²) >= 11 is 0. The summed E-state index contributed by atoms with van der Waals surface area (Å²) in [5.74, 6) is 0.0195. The number of aromatic hydroxyl groups is 1. The summed E-state index contributed by atoms with van der Waals surface area (Å²) in [6, 6.07) is 4.81. The average Bonchev–Trinajstić information content (AvgIpc) is 2.42. The van der Waals surface area contributed by atoms with E-state index in [9.17, 15) is 14.7 Å². The molecule has 0 saturated heterocycles. The fraction of sp³-hybridized carbons (Fsp3) is 0.412. The van der Waals surface area contributed by atoms with Crippen LogP contribution < -0.4 is 10.9 Å². The van der Waals surface area contributed by atoms with Gasteiger partial charge in [-0.25, -0.2) is 4.79 Å². The van der Waals surface area contributed by atoms with Crippen molar-refractivity contribution in [2.24, 2.45) is 0 Å². The molecule has 0 bridgehead atoms. The first-order chi connectivity index (χ1) is 10.8. The molecule has 1 aromatic carbocycles. The van der Waals surface area contributed by atoms with E-state index in [4.69, 9.17) is 4.42 Å². The Labute approximate surface area is 134 Å². The molecule has 1 amide bonds. The number of fused-ring (bicyclic) bond motifs is 1. The zero-order valence-electron chi connectivity index (χ0n) is 13.8. The number of amides is 1. The second-order valence-corrected chi connectivity index (χ2v) is 6.07. The third-order valence-electron chi connectivity index (χ3n) is 3.52. The second kappa shape index (κ2) is 6.83. The minimum atomic E-state index is -0.471. The highest BCUT2D eigenvalue weighted by Gasteiger charge is 2.14. The lowest BCUT2D eigenvalue weighted by molar-refractivity contribution is -0.122. The Balaban J connectivity index is 2.28. The molecular formula is C17H22N2O4. The number of hydrogen-bond acceptors (Lipinski definition) is 5. The molecule has 6 heteroatoms. The van der Waals surface area contributed by atoms with Crippen molar-refractivity contribution < 1.29 is 14.3 Å². The number of carbonyl (C=O) groups is 1. The van der Waals surface area contributed by atoms with Crippen LogP contribution in [0.3, 0.4) is 0 Å². The van der Waals surface area contributed by atoms with E-state index >= 15 is 0 Å². The van der Waals surface area contributed by atoms with Crippen molar-refractivity contribution in [3.63, 3.8) is 0 Å². The first-order valence-corrected chi connectivity index (χ1v) is 7.51. The third-order valence-corrected chi connectivity index (χ3v) is 3.52. The van der Waals surface area contributed by atoms with E-state index in [2.05, 4.69) is 5.32 Å². The topological polar surface area (TPSA) is 82.8 Å². The van der Waals surface area contributed by atoms with Gasteiger partial charge >= 0.3 is 5.63 Å². The highest BCUT2D eigenvalue weighted by molar-refractivity contribution is 5.85. The summed E-state index contributed by atoms with van der Waals surface area (Å²) < 4.78 is 5.22. The maximum atomic E-state index is 11.8. The number of phenols is 1. The van der Waals surface area contributed by atoms with Gasteiger partial charge in [-0.2, -0.15) is 0 Å². The van der Waals surface area contributed by atoms with Gasteiger partial charge in [0.25, 0.3) is 0 Å². The van der Waals surface area contributed by atoms with Crippen LogP contribution in [0.15, 0.2) is 27.4 Å². The maximum absolute atomic E-state index is 11.8. The molecule has 0 unspecified atom stereocenters. The van der Waals surface area contributed by atoms with Crippen LogP contribution in [0.25, 0.3) is 11.0 Å². The van der Waals surface area contributed by atoms with Gasteiger partial charge in [-0.3, -0.25) is 9.69 Å². The first-order valence-electron chi connectivity index (χ1n) is 7.51. The highest BCUT2D eigenvalue weighted by atomic mass is 16.4. The predicted molar refractivity (Wildman–Crippen MR) is 88.5 cm³/mol. The molecule has 2 aromatic rings. The summed E-state index contributed by atoms with van der Waals surface area (Å²) in [4.78, 5) is 25.4. The monoisotopic (exact) mass is 318 g/mol. The summed E-state index contributed by atoms with van der Waals surface area (Å²) in [5.41, 5.74) is 1.20. The predicted octanol–water partition coefficient (Wildman–Crippen LogP) is 1.76. The molecule has 6 nitrogen and oxygen atoms in total. The Kier molecular flexibility index (Phi) is 5.05. The van der Waals surface area contributed by atoms with Crippen molar-refractivity contribution in [2.45, 2.75) is 33.4 Å². The molecule has 0 aliphatic carbocycles. The molecule has 0 saturated carbocycles. The molecule has 0 spiro atoms. The van der Waals surface area contributed by atoms with Gasteiger partial charge in [-0.1, -0.05) is 0 Å². The number of aryl methyl sites for hydroxylation is 1. The number of phenolic OH excluding ortho intramolecular Hbond substituents is 1. The van der Waals surface area contributed by atoms with Gasteiger partial charge in [0.1, 0.15) is 11.3 Å². The number of carbonyl (C=O) groups excluding carboxylic acids is 1. The van der Waals surface area contributed by atoms with E-state index in [1.165, 1.54) is 6.07 Å². The van der Waals surface area contributed by atoms with Crippen molar-refractivity contribution in [3.05, 3.63) is 39.7 Å². The molecule has 0 fully saturated rings. The Hall–Kier alpha value is -2.34. The molecule has 0 atom stereocenters. The van der Waals surface area contributed by atoms with E-state index < -0.39 is 5.63 Å². The standard InChI is InChI=1S/C17H22N2O4/c1-10(2)18-15(21)9-19(4)8-12-7-16(22)23-17-11(3)14(20)6-5-13(12)17/h5-7,10,20H,8-9H2,1-4H3,(H,18,21). The molecule has 23 heavy (non-hydrogen) atoms. The molecule has 124 valence electrons. The van der Waals surface area contributed by atoms with Gasteiger partial charge < -0.3 is 14.8 Å². The number of nitrogens with one attached hydrogen (secondary N) is 1. The van der Waals surface area contributed by atoms with Crippen molar-refractivity contribution in [2.75, 3.05) is 13.6 Å². The zero-order chi connectivity index (χ0) is 17.1. The number of nitrogens with zero attached hydrogens (tertiary/aromatic N) is 1. The quantitative estimate of drug-likeness (QED) is 0.821. The number of rotatable bonds is 5. The summed E-state index contributed by atoms with van der Waals surface area (Å²) in [5, 5.41) is 13.3. The van der Waals surface area contributed by atoms with Gasteiger partial charge in [0.15, 0.2) is 0 Å². The molecule has 0 radical (unpaired) electrons. The van der Waals surface area contributed by atoms with Crippen LogP contribution in [0.4, 0.5) is 0 Å². The van der Waals surface area contributed by atoms with Crippen molar-refractivity contribution in [1.29, 1.82) is 0 Å². The lowest BCUT2D eigenvalue weighted by Crippen LogP contribution is -2.38. The van der Waals surface area contributed by atoms with Gasteiger partial charge in [0, 0.05) is 29.6 Å². The molecule has 2 N–H and O–H groups in total. The average molecular weight is 318 g/mol. The van der Waals surface area contributed by atoms with E-state index in [0.717, 1.165) is 10.9 Å². The fourth-order valence-electron chi connectivity index (χ4n) is 2.51. The zero-order valence-corrected chi connectivity index (χ0v) is 13.8. The maximum Gasteiger partial charge on any atom is 0.336 e. The van der Waals surface area contributed by atoms with Crippen LogP contribution in [-0.2, 0) is 11.3 Å². The van der Waals surface area contributed by atoms with Crippen LogP contribution in [0.1, 0.15) is 25.0 Å². The minimum Gasteiger partial charge on any atom is -0.508 e. The summed E-state index contributed by atoms with van der Waals surface area (Å²) in [6.45, 7) is 6.17. The number of likely N-dealkylation sites (N-methyl/N-ethyl adjacent to an activating group) is 1. The van der Waals surface area contributed by atoms with Gasteiger partial charge in [0.05, 0.1) is 6.54 Å². The molecule has 1 aromatic heterocycles. The molecule has 0 aliphatic heterocycles. The van der Waals surface area contributed by atoms with Gasteiger partial charge in [-0.05, 0) is 45.5 Å². The number of hydrogen-bond donors (Lipinski definition) is 2. The molecule has 2 rings (SSSR count). The Morgan fingerprint density at radius 2 is 2.09 bits per heavy atom. The normalized spacial score (nSPS) is 11.4. The van der Waals surface area contributed by atoms with Crippen LogP contribution in [0.2, 0.25) is 0 Å². The molecular weight excluding hydrogens is 296 g/mol. The first kappa shape index (κ1) is 17.0. The van der Waals surface area contributed by atoms with E-state index in [0.29, 0.717) is 17.7 Å². The van der Waals surface area contributed by atoms with Gasteiger partial charge in [-0.15, -0.1) is 0 Å². The third kappa shape index (κ3) is 4.10. The molecule has 0 aliphatic rings. The minimum absolute atomic E-state index is 0.0661. The number of benzene rings is 1. The molecule has 1 heterocycles. The van der Waals surface area contributed by atoms with Crippen LogP contribution in [0, 0.1) is 6.92 Å². The second-order valence-electron chi connectivity index (χ2n) is 6.07. The van der Waals surface area contributed by atoms with Crippen LogP contribution >= 0.6 is 0 Å². The van der Waals surface area contributed by atoms with Crippen LogP contribution in [-0.4, -0.2) is 35.5 Å². The van der Waals surface area contributed by atoms with Crippen molar-refractivity contribution in [1.82, 2.24) is 10.2 Å². The van der Waals surface area contributed by atoms with E-state index in [1.54, 1.807) is 19.1 Å². The Bertz CT molecular complexity index is 780. The van der Waals surface area contributed by atoms with Gasteiger partial charge in [0.2, 0.25) is 5.91 Å². The fourth-order valence-corrected chi connectivity index (χ4v) is 2.51. The van der Waals surface area contributed by atoms with E-state index in [1.807, 2.05) is 25.8 Å². The summed E-state index contributed by atoms with van der Waals surface area (Å²) in [6.07, 6.45) is 0. The van der Waals surface area contributed by atoms with Crippen molar-refractivity contribution >= 4 is 16.9 Å². The summed E-state index contributed by atoms with van der Waals surface area (Å²) in [7, 11) is 1.81.